The van der Waals surface area contributed by atoms with Crippen LogP contribution in [0.4, 0.5) is 0 Å². The number of sulfone groups is 1. The van der Waals surface area contributed by atoms with Crippen molar-refractivity contribution in [3.05, 3.63) is 24.3 Å². The molecule has 0 aromatic heterocycles. The van der Waals surface area contributed by atoms with Gasteiger partial charge in [-0.25, -0.2) is 8.42 Å². The topological polar surface area (TPSA) is 49.9 Å². The van der Waals surface area contributed by atoms with Crippen molar-refractivity contribution in [1.29, 1.82) is 0 Å². The molecule has 1 heterocycles. The first-order chi connectivity index (χ1) is 10.0. The van der Waals surface area contributed by atoms with Crippen LogP contribution >= 0.6 is 0 Å². The number of methoxy groups -OCH3 is 1. The van der Waals surface area contributed by atoms with E-state index in [1.165, 1.54) is 0 Å². The maximum absolute atomic E-state index is 12.4. The van der Waals surface area contributed by atoms with Crippen LogP contribution in [0.25, 0.3) is 0 Å². The van der Waals surface area contributed by atoms with Crippen LogP contribution in [-0.2, 0) is 9.84 Å². The number of rotatable bonds is 6. The summed E-state index contributed by atoms with van der Waals surface area (Å²) >= 11 is 0. The van der Waals surface area contributed by atoms with Gasteiger partial charge in [-0.05, 0) is 24.7 Å². The smallest absolute Gasteiger partial charge is 0.179 e. The molecule has 1 fully saturated rings. The summed E-state index contributed by atoms with van der Waals surface area (Å²) in [6, 6.07) is 6.69. The third-order valence-corrected chi connectivity index (χ3v) is 5.68. The Balaban J connectivity index is 1.92. The zero-order chi connectivity index (χ0) is 15.3. The van der Waals surface area contributed by atoms with E-state index in [4.69, 9.17) is 4.74 Å². The molecule has 0 radical (unpaired) electrons. The third-order valence-electron chi connectivity index (χ3n) is 3.99. The van der Waals surface area contributed by atoms with Gasteiger partial charge in [0, 0.05) is 32.7 Å². The van der Waals surface area contributed by atoms with Gasteiger partial charge in [0.25, 0.3) is 0 Å². The first kappa shape index (κ1) is 16.3. The lowest BCUT2D eigenvalue weighted by Gasteiger charge is -2.33. The van der Waals surface area contributed by atoms with Crippen molar-refractivity contribution in [1.82, 2.24) is 9.80 Å². The van der Waals surface area contributed by atoms with Crippen molar-refractivity contribution < 1.29 is 13.2 Å². The minimum Gasteiger partial charge on any atom is -0.497 e. The molecular weight excluding hydrogens is 288 g/mol. The van der Waals surface area contributed by atoms with Gasteiger partial charge < -0.3 is 9.64 Å². The van der Waals surface area contributed by atoms with Crippen LogP contribution < -0.4 is 4.74 Å². The van der Waals surface area contributed by atoms with Crippen molar-refractivity contribution in [2.45, 2.75) is 11.8 Å². The molecule has 1 aromatic rings. The van der Waals surface area contributed by atoms with Crippen molar-refractivity contribution in [3.63, 3.8) is 0 Å². The molecule has 1 aliphatic heterocycles. The lowest BCUT2D eigenvalue weighted by molar-refractivity contribution is 0.143. The number of ether oxygens (including phenoxy) is 1. The number of benzene rings is 1. The molecule has 1 saturated heterocycles. The van der Waals surface area contributed by atoms with Gasteiger partial charge >= 0.3 is 0 Å². The second-order valence-electron chi connectivity index (χ2n) is 5.27. The van der Waals surface area contributed by atoms with Crippen LogP contribution in [0, 0.1) is 0 Å². The van der Waals surface area contributed by atoms with Crippen molar-refractivity contribution in [3.8, 4) is 5.75 Å². The molecule has 0 saturated carbocycles. The molecule has 1 aromatic carbocycles. The summed E-state index contributed by atoms with van der Waals surface area (Å²) in [5, 5.41) is 0. The Morgan fingerprint density at radius 3 is 2.43 bits per heavy atom. The minimum atomic E-state index is -3.25. The molecule has 0 bridgehead atoms. The van der Waals surface area contributed by atoms with Crippen LogP contribution in [0.1, 0.15) is 6.92 Å². The largest absolute Gasteiger partial charge is 0.497 e. The lowest BCUT2D eigenvalue weighted by Crippen LogP contribution is -2.47. The second-order valence-corrected chi connectivity index (χ2v) is 7.38. The van der Waals surface area contributed by atoms with Gasteiger partial charge in [-0.1, -0.05) is 13.0 Å². The summed E-state index contributed by atoms with van der Waals surface area (Å²) in [6.07, 6.45) is 0. The predicted octanol–water partition coefficient (Wildman–Crippen LogP) is 1.11. The summed E-state index contributed by atoms with van der Waals surface area (Å²) in [5.41, 5.74) is 0. The van der Waals surface area contributed by atoms with E-state index in [1.807, 2.05) is 0 Å². The molecule has 2 rings (SSSR count). The quantitative estimate of drug-likeness (QED) is 0.787. The molecule has 118 valence electrons. The molecule has 0 atom stereocenters. The van der Waals surface area contributed by atoms with Gasteiger partial charge in [0.2, 0.25) is 0 Å². The van der Waals surface area contributed by atoms with Crippen molar-refractivity contribution in [2.24, 2.45) is 0 Å². The monoisotopic (exact) mass is 312 g/mol. The van der Waals surface area contributed by atoms with Crippen LogP contribution in [0.2, 0.25) is 0 Å². The zero-order valence-electron chi connectivity index (χ0n) is 12.8. The Labute approximate surface area is 127 Å². The molecule has 0 aliphatic carbocycles. The highest BCUT2D eigenvalue weighted by molar-refractivity contribution is 7.91. The van der Waals surface area contributed by atoms with Gasteiger partial charge in [-0.15, -0.1) is 0 Å². The fraction of sp³-hybridized carbons (Fsp3) is 0.600. The Kier molecular flexibility index (Phi) is 5.61. The average molecular weight is 312 g/mol. The SMILES string of the molecule is CCN1CCN(CCS(=O)(=O)c2cccc(OC)c2)CC1. The van der Waals surface area contributed by atoms with Gasteiger partial charge in [0.1, 0.15) is 5.75 Å². The number of hydrogen-bond donors (Lipinski definition) is 0. The highest BCUT2D eigenvalue weighted by atomic mass is 32.2. The summed E-state index contributed by atoms with van der Waals surface area (Å²) in [7, 11) is -1.71. The number of hydrogen-bond acceptors (Lipinski definition) is 5. The van der Waals surface area contributed by atoms with Crippen molar-refractivity contribution in [2.75, 3.05) is 52.1 Å². The van der Waals surface area contributed by atoms with E-state index in [0.717, 1.165) is 32.7 Å². The Hall–Kier alpha value is -1.11. The predicted molar refractivity (Wildman–Crippen MR) is 83.6 cm³/mol. The number of likely N-dealkylation sites (N-methyl/N-ethyl adjacent to an activating group) is 1. The molecule has 6 heteroatoms. The maximum atomic E-state index is 12.4. The summed E-state index contributed by atoms with van der Waals surface area (Å²) < 4.78 is 29.8. The van der Waals surface area contributed by atoms with Gasteiger partial charge in [0.15, 0.2) is 9.84 Å². The first-order valence-electron chi connectivity index (χ1n) is 7.36. The van der Waals surface area contributed by atoms with Crippen LogP contribution in [-0.4, -0.2) is 70.3 Å². The molecule has 0 spiro atoms. The van der Waals surface area contributed by atoms with E-state index in [-0.39, 0.29) is 5.75 Å². The molecule has 5 nitrogen and oxygen atoms in total. The molecule has 0 amide bonds. The number of piperazine rings is 1. The lowest BCUT2D eigenvalue weighted by atomic mass is 10.3. The van der Waals surface area contributed by atoms with Crippen molar-refractivity contribution >= 4 is 9.84 Å². The maximum Gasteiger partial charge on any atom is 0.179 e. The molecule has 21 heavy (non-hydrogen) atoms. The fourth-order valence-corrected chi connectivity index (χ4v) is 3.81. The van der Waals surface area contributed by atoms with E-state index in [9.17, 15) is 8.42 Å². The van der Waals surface area contributed by atoms with E-state index >= 15 is 0 Å². The fourth-order valence-electron chi connectivity index (χ4n) is 2.49. The van der Waals surface area contributed by atoms with E-state index < -0.39 is 9.84 Å². The normalized spacial score (nSPS) is 17.8. The van der Waals surface area contributed by atoms with Gasteiger partial charge in [-0.2, -0.15) is 0 Å². The Morgan fingerprint density at radius 2 is 1.81 bits per heavy atom. The third kappa shape index (κ3) is 4.43. The summed E-state index contributed by atoms with van der Waals surface area (Å²) in [4.78, 5) is 4.95. The first-order valence-corrected chi connectivity index (χ1v) is 9.02. The highest BCUT2D eigenvalue weighted by Crippen LogP contribution is 2.18. The van der Waals surface area contributed by atoms with E-state index in [1.54, 1.807) is 31.4 Å². The summed E-state index contributed by atoms with van der Waals surface area (Å²) in [5.74, 6) is 0.736. The molecule has 0 unspecified atom stereocenters. The van der Waals surface area contributed by atoms with Gasteiger partial charge in [-0.3, -0.25) is 4.90 Å². The van der Waals surface area contributed by atoms with Gasteiger partial charge in [0.05, 0.1) is 17.8 Å². The van der Waals surface area contributed by atoms with Crippen LogP contribution in [0.3, 0.4) is 0 Å². The second kappa shape index (κ2) is 7.24. The Morgan fingerprint density at radius 1 is 1.14 bits per heavy atom. The van der Waals surface area contributed by atoms with Crippen LogP contribution in [0.15, 0.2) is 29.2 Å². The molecular formula is C15H24N2O3S. The average Bonchev–Trinajstić information content (AvgIpc) is 2.53. The Bertz CT molecular complexity index is 552. The number of nitrogens with zero attached hydrogens (tertiary/aromatic N) is 2. The molecule has 0 N–H and O–H groups in total. The van der Waals surface area contributed by atoms with E-state index in [0.29, 0.717) is 17.2 Å². The summed E-state index contributed by atoms with van der Waals surface area (Å²) in [6.45, 7) is 7.75. The minimum absolute atomic E-state index is 0.159. The van der Waals surface area contributed by atoms with Crippen LogP contribution in [0.5, 0.6) is 5.75 Å². The molecule has 1 aliphatic rings. The highest BCUT2D eigenvalue weighted by Gasteiger charge is 2.20. The van der Waals surface area contributed by atoms with E-state index in [2.05, 4.69) is 16.7 Å². The zero-order valence-corrected chi connectivity index (χ0v) is 13.6. The standard InChI is InChI=1S/C15H24N2O3S/c1-3-16-7-9-17(10-8-16)11-12-21(18,19)15-6-4-5-14(13-15)20-2/h4-6,13H,3,7-12H2,1-2H3.